The molecule has 25 heavy (non-hydrogen) atoms. The number of rotatable bonds is 5. The largest absolute Gasteiger partial charge is 0.444 e. The quantitative estimate of drug-likeness (QED) is 0.792. The SMILES string of the molecule is CC(C)(C)OC(=O)NCCNC(=O)c1ccccc1N1CCOCC1. The maximum Gasteiger partial charge on any atom is 0.407 e. The molecule has 0 bridgehead atoms. The molecule has 2 rings (SSSR count). The normalized spacial score (nSPS) is 14.8. The lowest BCUT2D eigenvalue weighted by Gasteiger charge is -2.30. The minimum atomic E-state index is -0.537. The Balaban J connectivity index is 1.84. The first kappa shape index (κ1) is 19.1. The zero-order chi connectivity index (χ0) is 18.3. The molecular weight excluding hydrogens is 322 g/mol. The van der Waals surface area contributed by atoms with Crippen LogP contribution in [0.15, 0.2) is 24.3 Å². The van der Waals surface area contributed by atoms with E-state index >= 15 is 0 Å². The van der Waals surface area contributed by atoms with Crippen LogP contribution in [0.4, 0.5) is 10.5 Å². The average Bonchev–Trinajstić information content (AvgIpc) is 2.58. The van der Waals surface area contributed by atoms with E-state index in [4.69, 9.17) is 9.47 Å². The lowest BCUT2D eigenvalue weighted by molar-refractivity contribution is 0.0526. The molecule has 1 aliphatic heterocycles. The molecule has 0 atom stereocenters. The van der Waals surface area contributed by atoms with Crippen molar-refractivity contribution in [2.45, 2.75) is 26.4 Å². The highest BCUT2D eigenvalue weighted by molar-refractivity contribution is 5.99. The second-order valence-electron chi connectivity index (χ2n) is 6.80. The summed E-state index contributed by atoms with van der Waals surface area (Å²) in [5.41, 5.74) is 0.995. The van der Waals surface area contributed by atoms with Gasteiger partial charge in [-0.3, -0.25) is 4.79 Å². The summed E-state index contributed by atoms with van der Waals surface area (Å²) in [6.45, 7) is 8.90. The topological polar surface area (TPSA) is 79.9 Å². The van der Waals surface area contributed by atoms with Gasteiger partial charge in [0.1, 0.15) is 5.60 Å². The molecule has 138 valence electrons. The smallest absolute Gasteiger partial charge is 0.407 e. The van der Waals surface area contributed by atoms with Crippen molar-refractivity contribution in [3.63, 3.8) is 0 Å². The number of amides is 2. The predicted octanol–water partition coefficient (Wildman–Crippen LogP) is 1.78. The molecule has 1 saturated heterocycles. The molecular formula is C18H27N3O4. The molecule has 7 nitrogen and oxygen atoms in total. The van der Waals surface area contributed by atoms with E-state index in [0.717, 1.165) is 18.8 Å². The molecule has 7 heteroatoms. The second kappa shape index (κ2) is 8.71. The maximum absolute atomic E-state index is 12.5. The molecule has 1 aliphatic rings. The first-order valence-electron chi connectivity index (χ1n) is 8.53. The van der Waals surface area contributed by atoms with Gasteiger partial charge in [-0.05, 0) is 32.9 Å². The lowest BCUT2D eigenvalue weighted by atomic mass is 10.1. The molecule has 0 aromatic heterocycles. The van der Waals surface area contributed by atoms with Crippen molar-refractivity contribution >= 4 is 17.7 Å². The maximum atomic E-state index is 12.5. The number of benzene rings is 1. The molecule has 1 aromatic rings. The van der Waals surface area contributed by atoms with Crippen LogP contribution in [0.5, 0.6) is 0 Å². The van der Waals surface area contributed by atoms with Gasteiger partial charge in [-0.2, -0.15) is 0 Å². The van der Waals surface area contributed by atoms with Crippen LogP contribution in [0.3, 0.4) is 0 Å². The predicted molar refractivity (Wildman–Crippen MR) is 96.0 cm³/mol. The number of nitrogens with zero attached hydrogens (tertiary/aromatic N) is 1. The van der Waals surface area contributed by atoms with Crippen molar-refractivity contribution in [1.29, 1.82) is 0 Å². The fourth-order valence-corrected chi connectivity index (χ4v) is 2.50. The van der Waals surface area contributed by atoms with E-state index in [0.29, 0.717) is 31.9 Å². The van der Waals surface area contributed by atoms with E-state index in [1.54, 1.807) is 26.8 Å². The summed E-state index contributed by atoms with van der Waals surface area (Å²) in [5, 5.41) is 5.45. The van der Waals surface area contributed by atoms with Crippen LogP contribution in [-0.4, -0.2) is 57.0 Å². The number of carbonyl (C=O) groups is 2. The van der Waals surface area contributed by atoms with Crippen LogP contribution in [0.2, 0.25) is 0 Å². The third-order valence-electron chi connectivity index (χ3n) is 3.58. The highest BCUT2D eigenvalue weighted by Gasteiger charge is 2.18. The Bertz CT molecular complexity index is 592. The first-order valence-corrected chi connectivity index (χ1v) is 8.53. The van der Waals surface area contributed by atoms with E-state index in [9.17, 15) is 9.59 Å². The van der Waals surface area contributed by atoms with Gasteiger partial charge in [0.15, 0.2) is 0 Å². The van der Waals surface area contributed by atoms with Gasteiger partial charge in [-0.25, -0.2) is 4.79 Å². The summed E-state index contributed by atoms with van der Waals surface area (Å²) >= 11 is 0. The number of carbonyl (C=O) groups excluding carboxylic acids is 2. The van der Waals surface area contributed by atoms with E-state index < -0.39 is 11.7 Å². The Morgan fingerprint density at radius 2 is 1.76 bits per heavy atom. The number of hydrogen-bond donors (Lipinski definition) is 2. The van der Waals surface area contributed by atoms with Crippen LogP contribution < -0.4 is 15.5 Å². The van der Waals surface area contributed by atoms with Crippen LogP contribution in [0.1, 0.15) is 31.1 Å². The number of morpholine rings is 1. The Kier molecular flexibility index (Phi) is 6.64. The molecule has 1 heterocycles. The third-order valence-corrected chi connectivity index (χ3v) is 3.58. The molecule has 1 fully saturated rings. The fourth-order valence-electron chi connectivity index (χ4n) is 2.50. The molecule has 2 N–H and O–H groups in total. The highest BCUT2D eigenvalue weighted by atomic mass is 16.6. The van der Waals surface area contributed by atoms with Crippen molar-refractivity contribution in [3.8, 4) is 0 Å². The molecule has 0 spiro atoms. The van der Waals surface area contributed by atoms with Crippen LogP contribution in [-0.2, 0) is 9.47 Å². The van der Waals surface area contributed by atoms with Crippen molar-refractivity contribution in [2.24, 2.45) is 0 Å². The summed E-state index contributed by atoms with van der Waals surface area (Å²) in [5.74, 6) is -0.159. The van der Waals surface area contributed by atoms with Crippen LogP contribution in [0.25, 0.3) is 0 Å². The van der Waals surface area contributed by atoms with Crippen molar-refractivity contribution in [3.05, 3.63) is 29.8 Å². The molecule has 0 aliphatic carbocycles. The molecule has 0 saturated carbocycles. The molecule has 0 radical (unpaired) electrons. The van der Waals surface area contributed by atoms with E-state index in [1.807, 2.05) is 18.2 Å². The van der Waals surface area contributed by atoms with Gasteiger partial charge in [0.05, 0.1) is 18.8 Å². The van der Waals surface area contributed by atoms with Gasteiger partial charge in [-0.15, -0.1) is 0 Å². The van der Waals surface area contributed by atoms with Gasteiger partial charge in [-0.1, -0.05) is 12.1 Å². The minimum Gasteiger partial charge on any atom is -0.444 e. The van der Waals surface area contributed by atoms with Gasteiger partial charge < -0.3 is 25.0 Å². The number of anilines is 1. The molecule has 1 aromatic carbocycles. The van der Waals surface area contributed by atoms with Gasteiger partial charge in [0, 0.05) is 31.9 Å². The third kappa shape index (κ3) is 6.26. The minimum absolute atomic E-state index is 0.159. The van der Waals surface area contributed by atoms with Crippen LogP contribution >= 0.6 is 0 Å². The number of alkyl carbamates (subject to hydrolysis) is 1. The summed E-state index contributed by atoms with van der Waals surface area (Å²) in [6, 6.07) is 7.52. The second-order valence-corrected chi connectivity index (χ2v) is 6.80. The first-order chi connectivity index (χ1) is 11.9. The molecule has 2 amide bonds. The van der Waals surface area contributed by atoms with E-state index in [-0.39, 0.29) is 5.91 Å². The number of ether oxygens (including phenoxy) is 2. The monoisotopic (exact) mass is 349 g/mol. The zero-order valence-electron chi connectivity index (χ0n) is 15.1. The van der Waals surface area contributed by atoms with E-state index in [2.05, 4.69) is 15.5 Å². The summed E-state index contributed by atoms with van der Waals surface area (Å²) < 4.78 is 10.5. The van der Waals surface area contributed by atoms with Gasteiger partial charge in [0.2, 0.25) is 0 Å². The highest BCUT2D eigenvalue weighted by Crippen LogP contribution is 2.21. The van der Waals surface area contributed by atoms with Crippen molar-refractivity contribution in [2.75, 3.05) is 44.3 Å². The summed E-state index contributed by atoms with van der Waals surface area (Å²) in [4.78, 5) is 26.2. The Morgan fingerprint density at radius 3 is 2.44 bits per heavy atom. The summed E-state index contributed by atoms with van der Waals surface area (Å²) in [7, 11) is 0. The van der Waals surface area contributed by atoms with Gasteiger partial charge >= 0.3 is 6.09 Å². The Hall–Kier alpha value is -2.28. The van der Waals surface area contributed by atoms with Crippen molar-refractivity contribution in [1.82, 2.24) is 10.6 Å². The fraction of sp³-hybridized carbons (Fsp3) is 0.556. The van der Waals surface area contributed by atoms with Crippen molar-refractivity contribution < 1.29 is 19.1 Å². The number of nitrogens with one attached hydrogen (secondary N) is 2. The van der Waals surface area contributed by atoms with Crippen LogP contribution in [0, 0.1) is 0 Å². The average molecular weight is 349 g/mol. The Morgan fingerprint density at radius 1 is 1.12 bits per heavy atom. The standard InChI is InChI=1S/C18H27N3O4/c1-18(2,3)25-17(23)20-9-8-19-16(22)14-6-4-5-7-15(14)21-10-12-24-13-11-21/h4-7H,8-13H2,1-3H3,(H,19,22)(H,20,23). The van der Waals surface area contributed by atoms with Gasteiger partial charge in [0.25, 0.3) is 5.91 Å². The Labute approximate surface area is 148 Å². The number of hydrogen-bond acceptors (Lipinski definition) is 5. The number of para-hydroxylation sites is 1. The summed E-state index contributed by atoms with van der Waals surface area (Å²) in [6.07, 6.45) is -0.490. The van der Waals surface area contributed by atoms with E-state index in [1.165, 1.54) is 0 Å². The lowest BCUT2D eigenvalue weighted by Crippen LogP contribution is -2.39. The zero-order valence-corrected chi connectivity index (χ0v) is 15.1. The molecule has 0 unspecified atom stereocenters.